The van der Waals surface area contributed by atoms with Gasteiger partial charge in [-0.25, -0.2) is 4.79 Å². The van der Waals surface area contributed by atoms with Crippen molar-refractivity contribution in [1.82, 2.24) is 10.2 Å². The van der Waals surface area contributed by atoms with E-state index in [2.05, 4.69) is 10.6 Å². The van der Waals surface area contributed by atoms with Crippen LogP contribution < -0.4 is 10.6 Å². The third-order valence-corrected chi connectivity index (χ3v) is 5.44. The van der Waals surface area contributed by atoms with Crippen LogP contribution in [0.2, 0.25) is 5.02 Å². The standard InChI is InChI=1S/C24H32ClN3O5/c1-23(2,3)16-8-18(19(29)9-17(16)25)26-10-14-7-20(32-13-14)21(30)27-15-11-28(12-15)22(31)33-24(4,5)6/h7-9,13,15,26,29H,10-12H2,1-6H3,(H,27,30). The molecule has 3 N–H and O–H groups in total. The molecule has 0 radical (unpaired) electrons. The Kier molecular flexibility index (Phi) is 6.88. The zero-order valence-corrected chi connectivity index (χ0v) is 20.7. The zero-order valence-electron chi connectivity index (χ0n) is 19.9. The fourth-order valence-corrected chi connectivity index (χ4v) is 3.81. The molecule has 1 saturated heterocycles. The van der Waals surface area contributed by atoms with Gasteiger partial charge in [0.05, 0.1) is 18.0 Å². The maximum absolute atomic E-state index is 12.5. The fraction of sp³-hybridized carbons (Fsp3) is 0.500. The first-order valence-electron chi connectivity index (χ1n) is 10.9. The van der Waals surface area contributed by atoms with Crippen LogP contribution in [-0.4, -0.2) is 46.7 Å². The van der Waals surface area contributed by atoms with E-state index >= 15 is 0 Å². The van der Waals surface area contributed by atoms with Crippen LogP contribution in [0.1, 0.15) is 63.2 Å². The number of furan rings is 1. The number of nitrogens with one attached hydrogen (secondary N) is 2. The zero-order chi connectivity index (χ0) is 24.6. The minimum atomic E-state index is -0.554. The molecule has 0 unspecified atom stereocenters. The lowest BCUT2D eigenvalue weighted by atomic mass is 9.86. The number of carbonyl (C=O) groups excluding carboxylic acids is 2. The van der Waals surface area contributed by atoms with Crippen molar-refractivity contribution in [2.45, 2.75) is 65.1 Å². The number of phenols is 1. The molecule has 1 aromatic heterocycles. The number of anilines is 1. The van der Waals surface area contributed by atoms with Crippen molar-refractivity contribution < 1.29 is 23.8 Å². The molecule has 1 aliphatic heterocycles. The van der Waals surface area contributed by atoms with E-state index in [1.165, 1.54) is 17.2 Å². The highest BCUT2D eigenvalue weighted by atomic mass is 35.5. The van der Waals surface area contributed by atoms with Crippen molar-refractivity contribution in [3.63, 3.8) is 0 Å². The molecule has 0 atom stereocenters. The Balaban J connectivity index is 1.53. The number of halogens is 1. The quantitative estimate of drug-likeness (QED) is 0.529. The number of ether oxygens (including phenoxy) is 1. The highest BCUT2D eigenvalue weighted by Gasteiger charge is 2.35. The average molecular weight is 478 g/mol. The van der Waals surface area contributed by atoms with Gasteiger partial charge < -0.3 is 29.8 Å². The van der Waals surface area contributed by atoms with Crippen molar-refractivity contribution in [2.75, 3.05) is 18.4 Å². The Morgan fingerprint density at radius 1 is 1.18 bits per heavy atom. The molecule has 0 saturated carbocycles. The largest absolute Gasteiger partial charge is 0.506 e. The maximum Gasteiger partial charge on any atom is 0.410 e. The number of phenolic OH excluding ortho intramolecular Hbond substituents is 1. The topological polar surface area (TPSA) is 104 Å². The lowest BCUT2D eigenvalue weighted by Gasteiger charge is -2.39. The predicted molar refractivity (Wildman–Crippen MR) is 127 cm³/mol. The summed E-state index contributed by atoms with van der Waals surface area (Å²) in [5, 5.41) is 16.8. The minimum absolute atomic E-state index is 0.0500. The van der Waals surface area contributed by atoms with Crippen LogP contribution in [0.4, 0.5) is 10.5 Å². The summed E-state index contributed by atoms with van der Waals surface area (Å²) in [4.78, 5) is 26.0. The fourth-order valence-electron chi connectivity index (χ4n) is 3.37. The summed E-state index contributed by atoms with van der Waals surface area (Å²) in [7, 11) is 0. The lowest BCUT2D eigenvalue weighted by Crippen LogP contribution is -2.61. The number of hydrogen-bond acceptors (Lipinski definition) is 6. The van der Waals surface area contributed by atoms with Crippen molar-refractivity contribution in [2.24, 2.45) is 0 Å². The van der Waals surface area contributed by atoms with Gasteiger partial charge in [0.15, 0.2) is 5.76 Å². The van der Waals surface area contributed by atoms with Gasteiger partial charge in [-0.1, -0.05) is 32.4 Å². The summed E-state index contributed by atoms with van der Waals surface area (Å²) in [6, 6.07) is 4.85. The maximum atomic E-state index is 12.5. The molecule has 3 rings (SSSR count). The predicted octanol–water partition coefficient (Wildman–Crippen LogP) is 4.90. The van der Waals surface area contributed by atoms with Gasteiger partial charge in [0.1, 0.15) is 11.4 Å². The minimum Gasteiger partial charge on any atom is -0.506 e. The van der Waals surface area contributed by atoms with Gasteiger partial charge in [-0.3, -0.25) is 4.79 Å². The average Bonchev–Trinajstić information content (AvgIpc) is 3.10. The van der Waals surface area contributed by atoms with Gasteiger partial charge >= 0.3 is 6.09 Å². The summed E-state index contributed by atoms with van der Waals surface area (Å²) in [6.07, 6.45) is 1.10. The molecule has 9 heteroatoms. The summed E-state index contributed by atoms with van der Waals surface area (Å²) in [6.45, 7) is 12.7. The Hall–Kier alpha value is -2.87. The van der Waals surface area contributed by atoms with Crippen LogP contribution in [0.3, 0.4) is 0 Å². The number of carbonyl (C=O) groups is 2. The van der Waals surface area contributed by atoms with Crippen LogP contribution in [0.15, 0.2) is 28.9 Å². The monoisotopic (exact) mass is 477 g/mol. The molecule has 8 nitrogen and oxygen atoms in total. The molecular weight excluding hydrogens is 446 g/mol. The smallest absolute Gasteiger partial charge is 0.410 e. The van der Waals surface area contributed by atoms with E-state index in [0.717, 1.165) is 11.1 Å². The lowest BCUT2D eigenvalue weighted by molar-refractivity contribution is 0.00522. The van der Waals surface area contributed by atoms with E-state index < -0.39 is 5.60 Å². The Bertz CT molecular complexity index is 1030. The van der Waals surface area contributed by atoms with Gasteiger partial charge in [0.25, 0.3) is 5.91 Å². The number of aromatic hydroxyl groups is 1. The van der Waals surface area contributed by atoms with Gasteiger partial charge in [0, 0.05) is 36.3 Å². The first-order valence-corrected chi connectivity index (χ1v) is 11.2. The number of hydrogen-bond donors (Lipinski definition) is 3. The van der Waals surface area contributed by atoms with Crippen molar-refractivity contribution in [1.29, 1.82) is 0 Å². The molecule has 33 heavy (non-hydrogen) atoms. The highest BCUT2D eigenvalue weighted by molar-refractivity contribution is 6.31. The van der Waals surface area contributed by atoms with E-state index in [1.54, 1.807) is 6.07 Å². The molecular formula is C24H32ClN3O5. The number of likely N-dealkylation sites (tertiary alicyclic amines) is 1. The SMILES string of the molecule is CC(C)(C)OC(=O)N1CC(NC(=O)c2cc(CNc3cc(C(C)(C)C)c(Cl)cc3O)co2)C1. The number of amides is 2. The van der Waals surface area contributed by atoms with E-state index in [4.69, 9.17) is 20.8 Å². The molecule has 1 aromatic carbocycles. The van der Waals surface area contributed by atoms with Crippen LogP contribution in [0.25, 0.3) is 0 Å². The molecule has 2 amide bonds. The van der Waals surface area contributed by atoms with Crippen LogP contribution in [0, 0.1) is 0 Å². The van der Waals surface area contributed by atoms with E-state index in [1.807, 2.05) is 47.6 Å². The molecule has 0 spiro atoms. The van der Waals surface area contributed by atoms with Crippen LogP contribution >= 0.6 is 11.6 Å². The Morgan fingerprint density at radius 3 is 2.45 bits per heavy atom. The molecule has 180 valence electrons. The van der Waals surface area contributed by atoms with Gasteiger partial charge in [-0.05, 0) is 43.9 Å². The van der Waals surface area contributed by atoms with Gasteiger partial charge in [0.2, 0.25) is 0 Å². The summed E-state index contributed by atoms with van der Waals surface area (Å²) >= 11 is 6.28. The molecule has 2 aromatic rings. The molecule has 0 bridgehead atoms. The second-order valence-corrected chi connectivity index (χ2v) is 10.7. The summed E-state index contributed by atoms with van der Waals surface area (Å²) < 4.78 is 10.7. The number of nitrogens with zero attached hydrogens (tertiary/aromatic N) is 1. The van der Waals surface area contributed by atoms with Gasteiger partial charge in [-0.2, -0.15) is 0 Å². The number of benzene rings is 1. The second-order valence-electron chi connectivity index (χ2n) is 10.3. The second kappa shape index (κ2) is 9.17. The van der Waals surface area contributed by atoms with Crippen LogP contribution in [-0.2, 0) is 16.7 Å². The van der Waals surface area contributed by atoms with Crippen molar-refractivity contribution >= 4 is 29.3 Å². The molecule has 1 fully saturated rings. The van der Waals surface area contributed by atoms with Gasteiger partial charge in [-0.15, -0.1) is 0 Å². The van der Waals surface area contributed by atoms with E-state index in [9.17, 15) is 14.7 Å². The first-order chi connectivity index (χ1) is 15.2. The third-order valence-electron chi connectivity index (χ3n) is 5.12. The van der Waals surface area contributed by atoms with Crippen LogP contribution in [0.5, 0.6) is 5.75 Å². The molecule has 1 aliphatic rings. The highest BCUT2D eigenvalue weighted by Crippen LogP contribution is 2.37. The molecule has 0 aliphatic carbocycles. The third kappa shape index (κ3) is 6.35. The normalized spacial score (nSPS) is 14.6. The summed E-state index contributed by atoms with van der Waals surface area (Å²) in [5.41, 5.74) is 1.48. The van der Waals surface area contributed by atoms with E-state index in [-0.39, 0.29) is 35.0 Å². The first kappa shape index (κ1) is 24.8. The summed E-state index contributed by atoms with van der Waals surface area (Å²) in [5.74, 6) is -0.119. The molecule has 2 heterocycles. The Morgan fingerprint density at radius 2 is 1.85 bits per heavy atom. The number of rotatable bonds is 5. The van der Waals surface area contributed by atoms with Crippen molar-refractivity contribution in [3.05, 3.63) is 46.4 Å². The Labute approximate surface area is 199 Å². The van der Waals surface area contributed by atoms with Crippen molar-refractivity contribution in [3.8, 4) is 5.75 Å². The van der Waals surface area contributed by atoms with E-state index in [0.29, 0.717) is 30.3 Å².